The highest BCUT2D eigenvalue weighted by Gasteiger charge is 2.06. The fourth-order valence-corrected chi connectivity index (χ4v) is 2.09. The number of rotatable bonds is 4. The molecule has 2 heterocycles. The number of nitrogens with zero attached hydrogens (tertiary/aromatic N) is 5. The van der Waals surface area contributed by atoms with Gasteiger partial charge in [0.2, 0.25) is 5.95 Å². The molecule has 0 aliphatic carbocycles. The van der Waals surface area contributed by atoms with Gasteiger partial charge in [-0.25, -0.2) is 9.97 Å². The summed E-state index contributed by atoms with van der Waals surface area (Å²) in [5.41, 5.74) is 3.03. The lowest BCUT2D eigenvalue weighted by Gasteiger charge is -2.07. The third-order valence-corrected chi connectivity index (χ3v) is 3.31. The van der Waals surface area contributed by atoms with Gasteiger partial charge in [-0.3, -0.25) is 0 Å². The van der Waals surface area contributed by atoms with Gasteiger partial charge in [0, 0.05) is 25.0 Å². The van der Waals surface area contributed by atoms with E-state index in [1.54, 1.807) is 12.4 Å². The molecular weight excluding hydrogens is 264 g/mol. The molecular formula is C15H16N6. The van der Waals surface area contributed by atoms with Crippen molar-refractivity contribution in [2.75, 3.05) is 5.32 Å². The third-order valence-electron chi connectivity index (χ3n) is 3.31. The van der Waals surface area contributed by atoms with Crippen molar-refractivity contribution in [3.8, 4) is 11.3 Å². The first-order valence-corrected chi connectivity index (χ1v) is 6.70. The zero-order valence-corrected chi connectivity index (χ0v) is 12.0. The Morgan fingerprint density at radius 2 is 2.10 bits per heavy atom. The maximum absolute atomic E-state index is 4.51. The molecule has 3 rings (SSSR count). The Balaban J connectivity index is 1.81. The molecule has 0 aliphatic heterocycles. The van der Waals surface area contributed by atoms with Gasteiger partial charge in [0.05, 0.1) is 18.4 Å². The van der Waals surface area contributed by atoms with Crippen molar-refractivity contribution >= 4 is 5.95 Å². The van der Waals surface area contributed by atoms with Gasteiger partial charge in [-0.05, 0) is 12.5 Å². The molecule has 0 spiro atoms. The summed E-state index contributed by atoms with van der Waals surface area (Å²) in [7, 11) is 1.95. The van der Waals surface area contributed by atoms with E-state index in [4.69, 9.17) is 0 Å². The highest BCUT2D eigenvalue weighted by molar-refractivity contribution is 5.63. The van der Waals surface area contributed by atoms with Crippen LogP contribution in [-0.4, -0.2) is 24.7 Å². The first-order chi connectivity index (χ1) is 10.2. The van der Waals surface area contributed by atoms with Crippen LogP contribution < -0.4 is 5.32 Å². The fraction of sp³-hybridized carbons (Fsp3) is 0.200. The van der Waals surface area contributed by atoms with Gasteiger partial charge < -0.3 is 9.88 Å². The van der Waals surface area contributed by atoms with Crippen LogP contribution in [0.25, 0.3) is 11.3 Å². The van der Waals surface area contributed by atoms with Crippen LogP contribution in [0.3, 0.4) is 0 Å². The zero-order chi connectivity index (χ0) is 14.7. The summed E-state index contributed by atoms with van der Waals surface area (Å²) in [6, 6.07) is 8.08. The van der Waals surface area contributed by atoms with E-state index in [0.29, 0.717) is 12.5 Å². The minimum absolute atomic E-state index is 0.499. The topological polar surface area (TPSA) is 68.5 Å². The Labute approximate surface area is 122 Å². The molecule has 1 N–H and O–H groups in total. The van der Waals surface area contributed by atoms with E-state index in [1.807, 2.05) is 36.0 Å². The monoisotopic (exact) mass is 280 g/mol. The van der Waals surface area contributed by atoms with Crippen molar-refractivity contribution in [3.63, 3.8) is 0 Å². The van der Waals surface area contributed by atoms with Crippen LogP contribution >= 0.6 is 0 Å². The minimum atomic E-state index is 0.499. The molecule has 3 aromatic rings. The van der Waals surface area contributed by atoms with Crippen molar-refractivity contribution in [1.82, 2.24) is 24.7 Å². The first-order valence-electron chi connectivity index (χ1n) is 6.70. The maximum atomic E-state index is 4.51. The van der Waals surface area contributed by atoms with E-state index in [0.717, 1.165) is 22.6 Å². The summed E-state index contributed by atoms with van der Waals surface area (Å²) < 4.78 is 1.95. The van der Waals surface area contributed by atoms with Crippen molar-refractivity contribution in [1.29, 1.82) is 0 Å². The van der Waals surface area contributed by atoms with Gasteiger partial charge in [-0.2, -0.15) is 5.10 Å². The molecule has 1 aromatic carbocycles. The van der Waals surface area contributed by atoms with Crippen LogP contribution in [0.2, 0.25) is 0 Å². The zero-order valence-electron chi connectivity index (χ0n) is 12.0. The molecule has 2 aromatic heterocycles. The van der Waals surface area contributed by atoms with Crippen molar-refractivity contribution in [2.45, 2.75) is 13.5 Å². The van der Waals surface area contributed by atoms with E-state index >= 15 is 0 Å². The average molecular weight is 280 g/mol. The second-order valence-corrected chi connectivity index (χ2v) is 4.79. The summed E-state index contributed by atoms with van der Waals surface area (Å²) in [4.78, 5) is 8.76. The molecule has 0 aliphatic rings. The molecule has 0 atom stereocenters. The standard InChI is InChI=1S/C15H16N6/c1-11-5-3-4-6-12(11)13-9-18-20-15(19-13)17-10-14-16-7-8-21(14)2/h3-9H,10H2,1-2H3,(H,17,19,20). The Morgan fingerprint density at radius 3 is 2.86 bits per heavy atom. The lowest BCUT2D eigenvalue weighted by molar-refractivity contribution is 0.804. The predicted octanol–water partition coefficient (Wildman–Crippen LogP) is 2.19. The van der Waals surface area contributed by atoms with Crippen LogP contribution in [0.1, 0.15) is 11.4 Å². The Hall–Kier alpha value is -2.76. The molecule has 0 saturated carbocycles. The lowest BCUT2D eigenvalue weighted by Crippen LogP contribution is -2.09. The smallest absolute Gasteiger partial charge is 0.243 e. The number of benzene rings is 1. The summed E-state index contributed by atoms with van der Waals surface area (Å²) in [5, 5.41) is 11.2. The SMILES string of the molecule is Cc1ccccc1-c1cnnc(NCc2nccn2C)n1. The predicted molar refractivity (Wildman–Crippen MR) is 80.5 cm³/mol. The van der Waals surface area contributed by atoms with E-state index in [1.165, 1.54) is 0 Å². The van der Waals surface area contributed by atoms with Gasteiger partial charge in [-0.15, -0.1) is 5.10 Å². The quantitative estimate of drug-likeness (QED) is 0.793. The molecule has 0 saturated heterocycles. The molecule has 0 bridgehead atoms. The van der Waals surface area contributed by atoms with E-state index in [9.17, 15) is 0 Å². The van der Waals surface area contributed by atoms with Crippen molar-refractivity contribution < 1.29 is 0 Å². The first kappa shape index (κ1) is 13.2. The number of anilines is 1. The number of aryl methyl sites for hydroxylation is 2. The number of hydrogen-bond donors (Lipinski definition) is 1. The molecule has 0 fully saturated rings. The fourth-order valence-electron chi connectivity index (χ4n) is 2.09. The second kappa shape index (κ2) is 5.70. The summed E-state index contributed by atoms with van der Waals surface area (Å²) in [6.45, 7) is 2.61. The largest absolute Gasteiger partial charge is 0.346 e. The van der Waals surface area contributed by atoms with Crippen LogP contribution in [0, 0.1) is 6.92 Å². The van der Waals surface area contributed by atoms with Crippen LogP contribution in [0.5, 0.6) is 0 Å². The van der Waals surface area contributed by atoms with Crippen molar-refractivity contribution in [3.05, 3.63) is 54.2 Å². The second-order valence-electron chi connectivity index (χ2n) is 4.79. The summed E-state index contributed by atoms with van der Waals surface area (Å²) >= 11 is 0. The molecule has 106 valence electrons. The molecule has 0 unspecified atom stereocenters. The third kappa shape index (κ3) is 2.89. The van der Waals surface area contributed by atoms with Crippen LogP contribution in [0.15, 0.2) is 42.9 Å². The molecule has 6 heteroatoms. The summed E-state index contributed by atoms with van der Waals surface area (Å²) in [5.74, 6) is 1.42. The van der Waals surface area contributed by atoms with Crippen LogP contribution in [-0.2, 0) is 13.6 Å². The average Bonchev–Trinajstić information content (AvgIpc) is 2.91. The number of nitrogens with one attached hydrogen (secondary N) is 1. The van der Waals surface area contributed by atoms with Gasteiger partial charge in [0.1, 0.15) is 5.82 Å². The van der Waals surface area contributed by atoms with E-state index < -0.39 is 0 Å². The van der Waals surface area contributed by atoms with Gasteiger partial charge >= 0.3 is 0 Å². The maximum Gasteiger partial charge on any atom is 0.243 e. The number of aromatic nitrogens is 5. The normalized spacial score (nSPS) is 10.6. The molecule has 21 heavy (non-hydrogen) atoms. The Kier molecular flexibility index (Phi) is 3.59. The Morgan fingerprint density at radius 1 is 1.24 bits per heavy atom. The number of hydrogen-bond acceptors (Lipinski definition) is 5. The van der Waals surface area contributed by atoms with Gasteiger partial charge in [0.25, 0.3) is 0 Å². The van der Waals surface area contributed by atoms with Gasteiger partial charge in [0.15, 0.2) is 0 Å². The highest BCUT2D eigenvalue weighted by Crippen LogP contribution is 2.20. The lowest BCUT2D eigenvalue weighted by atomic mass is 10.1. The molecule has 6 nitrogen and oxygen atoms in total. The van der Waals surface area contributed by atoms with E-state index in [2.05, 4.69) is 38.5 Å². The highest BCUT2D eigenvalue weighted by atomic mass is 15.2. The molecule has 0 amide bonds. The Bertz CT molecular complexity index is 749. The van der Waals surface area contributed by atoms with E-state index in [-0.39, 0.29) is 0 Å². The molecule has 0 radical (unpaired) electrons. The minimum Gasteiger partial charge on any atom is -0.346 e. The van der Waals surface area contributed by atoms with Gasteiger partial charge in [-0.1, -0.05) is 24.3 Å². The summed E-state index contributed by atoms with van der Waals surface area (Å²) in [6.07, 6.45) is 5.34. The number of imidazole rings is 1. The van der Waals surface area contributed by atoms with Crippen LogP contribution in [0.4, 0.5) is 5.95 Å². The van der Waals surface area contributed by atoms with Crippen molar-refractivity contribution in [2.24, 2.45) is 7.05 Å².